The van der Waals surface area contributed by atoms with E-state index in [2.05, 4.69) is 73.0 Å². The molecule has 1 saturated carbocycles. The first-order valence-electron chi connectivity index (χ1n) is 12.3. The molecule has 0 radical (unpaired) electrons. The molecule has 0 aromatic heterocycles. The van der Waals surface area contributed by atoms with Crippen molar-refractivity contribution < 1.29 is 14.9 Å². The van der Waals surface area contributed by atoms with Crippen LogP contribution in [0.25, 0.3) is 0 Å². The summed E-state index contributed by atoms with van der Waals surface area (Å²) >= 11 is 5.77. The third kappa shape index (κ3) is 3.46. The van der Waals surface area contributed by atoms with Crippen LogP contribution in [0.5, 0.6) is 17.2 Å². The molecule has 1 saturated heterocycles. The second-order valence-corrected chi connectivity index (χ2v) is 10.7. The molecule has 0 amide bonds. The summed E-state index contributed by atoms with van der Waals surface area (Å²) in [6.45, 7) is 4.20. The number of ether oxygens (including phenoxy) is 1. The molecule has 2 heterocycles. The zero-order valence-electron chi connectivity index (χ0n) is 19.9. The van der Waals surface area contributed by atoms with Crippen molar-refractivity contribution in [1.82, 2.24) is 10.6 Å². The lowest BCUT2D eigenvalue weighted by Gasteiger charge is -2.59. The Morgan fingerprint density at radius 3 is 2.34 bits per heavy atom. The Balaban J connectivity index is 1.57. The molecule has 3 aliphatic rings. The van der Waals surface area contributed by atoms with Crippen molar-refractivity contribution in [3.8, 4) is 17.2 Å². The van der Waals surface area contributed by atoms with Crippen LogP contribution < -0.4 is 15.4 Å². The van der Waals surface area contributed by atoms with E-state index in [-0.39, 0.29) is 35.3 Å². The fourth-order valence-electron chi connectivity index (χ4n) is 6.68. The van der Waals surface area contributed by atoms with Gasteiger partial charge in [-0.3, -0.25) is 0 Å². The summed E-state index contributed by atoms with van der Waals surface area (Å²) in [5.41, 5.74) is 4.84. The van der Waals surface area contributed by atoms with E-state index in [1.165, 1.54) is 22.3 Å². The maximum atomic E-state index is 11.0. The summed E-state index contributed by atoms with van der Waals surface area (Å²) in [5, 5.41) is 29.0. The molecular weight excluding hydrogens is 456 g/mol. The molecule has 6 rings (SSSR count). The monoisotopic (exact) mass is 486 g/mol. The average molecular weight is 487 g/mol. The molecular formula is C29H30N2O3S. The van der Waals surface area contributed by atoms with Crippen molar-refractivity contribution in [2.45, 2.75) is 50.8 Å². The van der Waals surface area contributed by atoms with Crippen molar-refractivity contribution in [2.75, 3.05) is 0 Å². The number of benzene rings is 3. The zero-order chi connectivity index (χ0) is 24.3. The third-order valence-corrected chi connectivity index (χ3v) is 8.30. The van der Waals surface area contributed by atoms with Gasteiger partial charge in [-0.05, 0) is 56.1 Å². The SMILES string of the molecule is Cc1cccc([C@H]2c3ccc(O)c(O)c3O[C@]34NC(=S)N[C@@H](c5cccc(C)c5)[C@@H]3CCC[C@@H]24)c1. The minimum Gasteiger partial charge on any atom is -0.504 e. The summed E-state index contributed by atoms with van der Waals surface area (Å²) in [5.74, 6) is 0.0968. The van der Waals surface area contributed by atoms with Crippen molar-refractivity contribution in [3.63, 3.8) is 0 Å². The largest absolute Gasteiger partial charge is 0.504 e. The number of hydrogen-bond donors (Lipinski definition) is 4. The van der Waals surface area contributed by atoms with Gasteiger partial charge >= 0.3 is 0 Å². The van der Waals surface area contributed by atoms with E-state index in [1.807, 2.05) is 6.07 Å². The summed E-state index contributed by atoms with van der Waals surface area (Å²) in [7, 11) is 0. The van der Waals surface area contributed by atoms with Crippen LogP contribution in [0.4, 0.5) is 0 Å². The molecule has 35 heavy (non-hydrogen) atoms. The highest BCUT2D eigenvalue weighted by atomic mass is 32.1. The molecule has 5 atom stereocenters. The van der Waals surface area contributed by atoms with Crippen LogP contribution in [0.15, 0.2) is 60.7 Å². The predicted octanol–water partition coefficient (Wildman–Crippen LogP) is 5.57. The molecule has 180 valence electrons. The van der Waals surface area contributed by atoms with Crippen molar-refractivity contribution in [2.24, 2.45) is 11.8 Å². The van der Waals surface area contributed by atoms with Gasteiger partial charge in [0.1, 0.15) is 0 Å². The number of hydrogen-bond acceptors (Lipinski definition) is 4. The second-order valence-electron chi connectivity index (χ2n) is 10.3. The van der Waals surface area contributed by atoms with Crippen molar-refractivity contribution in [1.29, 1.82) is 0 Å². The summed E-state index contributed by atoms with van der Waals surface area (Å²) in [6.07, 6.45) is 2.99. The minimum atomic E-state index is -0.818. The number of nitrogens with one attached hydrogen (secondary N) is 2. The van der Waals surface area contributed by atoms with Crippen LogP contribution in [-0.4, -0.2) is 21.1 Å². The van der Waals surface area contributed by atoms with Gasteiger partial charge in [-0.1, -0.05) is 72.1 Å². The van der Waals surface area contributed by atoms with Gasteiger partial charge in [0.15, 0.2) is 22.3 Å². The topological polar surface area (TPSA) is 73.8 Å². The van der Waals surface area contributed by atoms with Crippen LogP contribution in [0.1, 0.15) is 59.0 Å². The van der Waals surface area contributed by atoms with Crippen LogP contribution >= 0.6 is 12.2 Å². The Bertz CT molecular complexity index is 1330. The molecule has 0 bridgehead atoms. The Labute approximate surface area is 211 Å². The first kappa shape index (κ1) is 22.2. The molecule has 1 spiro atoms. The lowest BCUT2D eigenvalue weighted by molar-refractivity contribution is -0.122. The van der Waals surface area contributed by atoms with Gasteiger partial charge in [0, 0.05) is 23.3 Å². The molecule has 1 aliphatic carbocycles. The number of rotatable bonds is 2. The van der Waals surface area contributed by atoms with Gasteiger partial charge in [0.2, 0.25) is 5.75 Å². The van der Waals surface area contributed by atoms with Gasteiger partial charge in [-0.2, -0.15) is 0 Å². The number of fused-ring (bicyclic) bond motifs is 1. The van der Waals surface area contributed by atoms with Gasteiger partial charge in [-0.15, -0.1) is 0 Å². The number of aromatic hydroxyl groups is 2. The predicted molar refractivity (Wildman–Crippen MR) is 140 cm³/mol. The highest BCUT2D eigenvalue weighted by Crippen LogP contribution is 2.60. The summed E-state index contributed by atoms with van der Waals surface area (Å²) < 4.78 is 6.82. The molecule has 2 fully saturated rings. The molecule has 3 aromatic carbocycles. The van der Waals surface area contributed by atoms with E-state index in [0.29, 0.717) is 10.9 Å². The minimum absolute atomic E-state index is 0.0143. The quantitative estimate of drug-likeness (QED) is 0.280. The normalized spacial score (nSPS) is 29.0. The molecule has 4 N–H and O–H groups in total. The highest BCUT2D eigenvalue weighted by Gasteiger charge is 2.61. The number of phenols is 2. The second kappa shape index (κ2) is 8.16. The Hall–Kier alpha value is -3.25. The molecule has 5 nitrogen and oxygen atoms in total. The fraction of sp³-hybridized carbons (Fsp3) is 0.345. The van der Waals surface area contributed by atoms with Crippen LogP contribution in [0.2, 0.25) is 0 Å². The standard InChI is InChI=1S/C29H30N2O3S/c1-16-6-3-8-18(14-16)24-20-12-13-23(32)26(33)27(20)34-29-21(24)10-5-11-22(29)25(30-28(35)31-29)19-9-4-7-17(2)15-19/h3-4,6-9,12-15,21-22,24-25,32-33H,5,10-11H2,1-2H3,(H2,30,31,35)/t21-,22-,24-,25-,29-/m0/s1. The van der Waals surface area contributed by atoms with Crippen LogP contribution in [0, 0.1) is 25.7 Å². The van der Waals surface area contributed by atoms with E-state index in [9.17, 15) is 10.2 Å². The van der Waals surface area contributed by atoms with Crippen LogP contribution in [0.3, 0.4) is 0 Å². The average Bonchev–Trinajstić information content (AvgIpc) is 2.83. The van der Waals surface area contributed by atoms with Crippen LogP contribution in [-0.2, 0) is 0 Å². The Kier molecular flexibility index (Phi) is 5.18. The number of aryl methyl sites for hydroxylation is 2. The van der Waals surface area contributed by atoms with Gasteiger partial charge in [0.25, 0.3) is 0 Å². The maximum absolute atomic E-state index is 11.0. The molecule has 0 unspecified atom stereocenters. The van der Waals surface area contributed by atoms with Gasteiger partial charge < -0.3 is 25.6 Å². The Morgan fingerprint density at radius 1 is 0.914 bits per heavy atom. The smallest absolute Gasteiger partial charge is 0.200 e. The maximum Gasteiger partial charge on any atom is 0.200 e. The van der Waals surface area contributed by atoms with Gasteiger partial charge in [0.05, 0.1) is 6.04 Å². The van der Waals surface area contributed by atoms with E-state index in [0.717, 1.165) is 24.8 Å². The third-order valence-electron chi connectivity index (χ3n) is 8.08. The lowest BCUT2D eigenvalue weighted by Crippen LogP contribution is -2.73. The lowest BCUT2D eigenvalue weighted by atomic mass is 9.60. The summed E-state index contributed by atoms with van der Waals surface area (Å²) in [4.78, 5) is 0. The highest BCUT2D eigenvalue weighted by molar-refractivity contribution is 7.80. The number of thiocarbonyl (C=S) groups is 1. The van der Waals surface area contributed by atoms with E-state index < -0.39 is 5.72 Å². The number of phenolic OH excluding ortho intramolecular Hbond substituents is 2. The van der Waals surface area contributed by atoms with Crippen molar-refractivity contribution in [3.05, 3.63) is 88.5 Å². The molecule has 3 aromatic rings. The molecule has 2 aliphatic heterocycles. The fourth-order valence-corrected chi connectivity index (χ4v) is 6.96. The first-order chi connectivity index (χ1) is 16.9. The van der Waals surface area contributed by atoms with Crippen molar-refractivity contribution >= 4 is 17.3 Å². The van der Waals surface area contributed by atoms with E-state index in [1.54, 1.807) is 6.07 Å². The zero-order valence-corrected chi connectivity index (χ0v) is 20.7. The van der Waals surface area contributed by atoms with Gasteiger partial charge in [-0.25, -0.2) is 0 Å². The van der Waals surface area contributed by atoms with E-state index >= 15 is 0 Å². The first-order valence-corrected chi connectivity index (χ1v) is 12.7. The van der Waals surface area contributed by atoms with E-state index in [4.69, 9.17) is 17.0 Å². The Morgan fingerprint density at radius 2 is 1.60 bits per heavy atom. The summed E-state index contributed by atoms with van der Waals surface area (Å²) in [6, 6.07) is 20.5. The molecule has 6 heteroatoms.